The van der Waals surface area contributed by atoms with Crippen LogP contribution in [0.15, 0.2) is 21.5 Å². The molecule has 1 aromatic rings. The minimum atomic E-state index is -3.81. The minimum absolute atomic E-state index is 0.0286. The van der Waals surface area contributed by atoms with Crippen LogP contribution < -0.4 is 11.1 Å². The molecule has 0 aromatic heterocycles. The van der Waals surface area contributed by atoms with Gasteiger partial charge in [-0.15, -0.1) is 0 Å². The van der Waals surface area contributed by atoms with E-state index in [-0.39, 0.29) is 32.5 Å². The van der Waals surface area contributed by atoms with Crippen LogP contribution in [0, 0.1) is 5.92 Å². The van der Waals surface area contributed by atoms with Gasteiger partial charge < -0.3 is 11.1 Å². The number of amides is 1. The molecule has 0 aliphatic carbocycles. The Hall–Kier alpha value is -0.830. The van der Waals surface area contributed by atoms with Crippen molar-refractivity contribution in [2.75, 3.05) is 26.4 Å². The molecule has 21 heavy (non-hydrogen) atoms. The topological polar surface area (TPSA) is 92.5 Å². The monoisotopic (exact) mass is 397 g/mol. The van der Waals surface area contributed by atoms with E-state index < -0.39 is 15.9 Å². The summed E-state index contributed by atoms with van der Waals surface area (Å²) in [5.74, 6) is -0.716. The lowest BCUT2D eigenvalue weighted by Crippen LogP contribution is -2.37. The number of benzene rings is 1. The summed E-state index contributed by atoms with van der Waals surface area (Å²) < 4.78 is 26.5. The molecule has 1 atom stereocenters. The van der Waals surface area contributed by atoms with Crippen LogP contribution in [0.1, 0.15) is 6.92 Å². The van der Waals surface area contributed by atoms with Crippen molar-refractivity contribution in [2.45, 2.75) is 11.8 Å². The fraction of sp³-hybridized carbons (Fsp3) is 0.417. The molecule has 118 valence electrons. The Morgan fingerprint density at radius 1 is 1.52 bits per heavy atom. The number of sulfonamides is 1. The van der Waals surface area contributed by atoms with Gasteiger partial charge in [-0.25, -0.2) is 12.7 Å². The van der Waals surface area contributed by atoms with Gasteiger partial charge in [0.15, 0.2) is 0 Å². The largest absolute Gasteiger partial charge is 0.398 e. The first-order valence-electron chi connectivity index (χ1n) is 6.03. The van der Waals surface area contributed by atoms with Crippen molar-refractivity contribution in [3.63, 3.8) is 0 Å². The molecule has 0 aliphatic heterocycles. The molecule has 0 fully saturated rings. The number of nitrogen functional groups attached to an aromatic ring is 1. The smallest absolute Gasteiger partial charge is 0.244 e. The Bertz CT molecular complexity index is 651. The van der Waals surface area contributed by atoms with Crippen LogP contribution in [0.3, 0.4) is 0 Å². The second-order valence-corrected chi connectivity index (χ2v) is 7.85. The van der Waals surface area contributed by atoms with E-state index in [1.165, 1.54) is 26.2 Å². The van der Waals surface area contributed by atoms with Crippen molar-refractivity contribution in [1.82, 2.24) is 9.62 Å². The number of halogens is 2. The van der Waals surface area contributed by atoms with E-state index in [9.17, 15) is 13.2 Å². The van der Waals surface area contributed by atoms with E-state index in [0.717, 1.165) is 4.31 Å². The van der Waals surface area contributed by atoms with Crippen molar-refractivity contribution in [3.8, 4) is 0 Å². The number of hydrogen-bond acceptors (Lipinski definition) is 4. The Morgan fingerprint density at radius 3 is 2.62 bits per heavy atom. The average molecular weight is 399 g/mol. The molecule has 0 aliphatic rings. The molecule has 1 amide bonds. The summed E-state index contributed by atoms with van der Waals surface area (Å²) in [5, 5.41) is 2.70. The number of carbonyl (C=O) groups excluding carboxylic acids is 1. The van der Waals surface area contributed by atoms with Crippen LogP contribution in [0.5, 0.6) is 0 Å². The maximum Gasteiger partial charge on any atom is 0.244 e. The summed E-state index contributed by atoms with van der Waals surface area (Å²) in [6, 6.07) is 2.77. The number of carbonyl (C=O) groups is 1. The van der Waals surface area contributed by atoms with E-state index in [2.05, 4.69) is 21.2 Å². The average Bonchev–Trinajstić information content (AvgIpc) is 2.41. The first-order chi connectivity index (χ1) is 9.61. The SMILES string of the molecule is CNC(=O)C(C)CN(C)S(=O)(=O)c1cc(Cl)cc(N)c1Br. The van der Waals surface area contributed by atoms with E-state index in [4.69, 9.17) is 17.3 Å². The summed E-state index contributed by atoms with van der Waals surface area (Å²) in [7, 11) is -0.907. The van der Waals surface area contributed by atoms with Crippen LogP contribution in [0.4, 0.5) is 5.69 Å². The van der Waals surface area contributed by atoms with Crippen molar-refractivity contribution in [2.24, 2.45) is 5.92 Å². The zero-order chi connectivity index (χ0) is 16.4. The molecule has 0 bridgehead atoms. The molecule has 9 heteroatoms. The highest BCUT2D eigenvalue weighted by Crippen LogP contribution is 2.33. The minimum Gasteiger partial charge on any atom is -0.398 e. The first kappa shape index (κ1) is 18.2. The maximum absolute atomic E-state index is 12.6. The van der Waals surface area contributed by atoms with E-state index in [1.807, 2.05) is 0 Å². The third kappa shape index (κ3) is 4.09. The highest BCUT2D eigenvalue weighted by Gasteiger charge is 2.27. The summed E-state index contributed by atoms with van der Waals surface area (Å²) in [5.41, 5.74) is 5.94. The van der Waals surface area contributed by atoms with Crippen LogP contribution in [-0.2, 0) is 14.8 Å². The van der Waals surface area contributed by atoms with E-state index in [1.54, 1.807) is 6.92 Å². The molecule has 6 nitrogen and oxygen atoms in total. The fourth-order valence-corrected chi connectivity index (χ4v) is 4.26. The molecule has 0 radical (unpaired) electrons. The number of nitrogens with zero attached hydrogens (tertiary/aromatic N) is 1. The second kappa shape index (κ2) is 6.95. The lowest BCUT2D eigenvalue weighted by atomic mass is 10.2. The Balaban J connectivity index is 3.14. The maximum atomic E-state index is 12.6. The summed E-state index contributed by atoms with van der Waals surface area (Å²) in [6.07, 6.45) is 0. The summed E-state index contributed by atoms with van der Waals surface area (Å²) in [6.45, 7) is 1.69. The number of rotatable bonds is 5. The van der Waals surface area contributed by atoms with Gasteiger partial charge >= 0.3 is 0 Å². The quantitative estimate of drug-likeness (QED) is 0.738. The van der Waals surface area contributed by atoms with Gasteiger partial charge in [0, 0.05) is 37.3 Å². The van der Waals surface area contributed by atoms with Gasteiger partial charge in [-0.1, -0.05) is 18.5 Å². The lowest BCUT2D eigenvalue weighted by Gasteiger charge is -2.21. The highest BCUT2D eigenvalue weighted by molar-refractivity contribution is 9.10. The summed E-state index contributed by atoms with van der Waals surface area (Å²) >= 11 is 9.02. The molecular formula is C12H17BrClN3O3S. The van der Waals surface area contributed by atoms with E-state index >= 15 is 0 Å². The van der Waals surface area contributed by atoms with Crippen molar-refractivity contribution < 1.29 is 13.2 Å². The summed E-state index contributed by atoms with van der Waals surface area (Å²) in [4.78, 5) is 11.5. The Labute approximate surface area is 137 Å². The zero-order valence-electron chi connectivity index (χ0n) is 11.9. The van der Waals surface area contributed by atoms with Crippen molar-refractivity contribution in [1.29, 1.82) is 0 Å². The number of nitrogens with two attached hydrogens (primary N) is 1. The van der Waals surface area contributed by atoms with Gasteiger partial charge in [-0.05, 0) is 28.1 Å². The standard InChI is InChI=1S/C12H17BrClN3O3S/c1-7(12(18)16-2)6-17(3)21(19,20)10-5-8(14)4-9(15)11(10)13/h4-5,7H,6,15H2,1-3H3,(H,16,18). The van der Waals surface area contributed by atoms with Crippen LogP contribution in [0.25, 0.3) is 0 Å². The van der Waals surface area contributed by atoms with Crippen molar-refractivity contribution in [3.05, 3.63) is 21.6 Å². The normalized spacial score (nSPS) is 13.2. The number of nitrogens with one attached hydrogen (secondary N) is 1. The molecule has 0 saturated carbocycles. The van der Waals surface area contributed by atoms with Crippen LogP contribution in [-0.4, -0.2) is 39.3 Å². The van der Waals surface area contributed by atoms with Crippen LogP contribution in [0.2, 0.25) is 5.02 Å². The Kier molecular flexibility index (Phi) is 6.03. The third-order valence-corrected chi connectivity index (χ3v) is 6.16. The lowest BCUT2D eigenvalue weighted by molar-refractivity contribution is -0.124. The molecule has 1 aromatic carbocycles. The molecule has 0 heterocycles. The van der Waals surface area contributed by atoms with Gasteiger partial charge in [0.25, 0.3) is 0 Å². The molecule has 1 rings (SSSR count). The zero-order valence-corrected chi connectivity index (χ0v) is 15.0. The fourth-order valence-electron chi connectivity index (χ4n) is 1.75. The van der Waals surface area contributed by atoms with Gasteiger partial charge in [0.05, 0.1) is 9.37 Å². The van der Waals surface area contributed by atoms with Gasteiger partial charge in [0.2, 0.25) is 15.9 Å². The third-order valence-electron chi connectivity index (χ3n) is 2.95. The first-order valence-corrected chi connectivity index (χ1v) is 8.64. The molecule has 0 saturated heterocycles. The number of hydrogen-bond donors (Lipinski definition) is 2. The van der Waals surface area contributed by atoms with Gasteiger partial charge in [0.1, 0.15) is 0 Å². The number of anilines is 1. The van der Waals surface area contributed by atoms with E-state index in [0.29, 0.717) is 0 Å². The molecule has 3 N–H and O–H groups in total. The predicted molar refractivity (Wildman–Crippen MR) is 86.6 cm³/mol. The molecule has 0 spiro atoms. The molecule has 1 unspecified atom stereocenters. The van der Waals surface area contributed by atoms with Gasteiger partial charge in [-0.3, -0.25) is 4.79 Å². The highest BCUT2D eigenvalue weighted by atomic mass is 79.9. The predicted octanol–water partition coefficient (Wildman–Crippen LogP) is 1.69. The second-order valence-electron chi connectivity index (χ2n) is 4.61. The van der Waals surface area contributed by atoms with Gasteiger partial charge in [-0.2, -0.15) is 0 Å². The molecular weight excluding hydrogens is 382 g/mol. The van der Waals surface area contributed by atoms with Crippen molar-refractivity contribution >= 4 is 49.1 Å². The van der Waals surface area contributed by atoms with Crippen LogP contribution >= 0.6 is 27.5 Å². The Morgan fingerprint density at radius 2 is 2.10 bits per heavy atom.